The lowest BCUT2D eigenvalue weighted by Crippen LogP contribution is -2.13. The summed E-state index contributed by atoms with van der Waals surface area (Å²) in [5.74, 6) is 0.534. The van der Waals surface area contributed by atoms with Gasteiger partial charge in [0.05, 0.1) is 19.1 Å². The molecule has 0 radical (unpaired) electrons. The standard InChI is InChI=1S/C22H21N3O5/c1-14-11-20(29-2)21(30-3)13-18(14)24-22(26)15-9-10-17(19(12-15)25(27)28)23-16-7-5-4-6-8-16/h4-13,23H,1-3H3,(H,24,26). The Morgan fingerprint density at radius 3 is 2.23 bits per heavy atom. The molecular formula is C22H21N3O5. The minimum absolute atomic E-state index is 0.162. The number of nitro benzene ring substituents is 1. The highest BCUT2D eigenvalue weighted by molar-refractivity contribution is 6.05. The molecule has 0 atom stereocenters. The second-order valence-electron chi connectivity index (χ2n) is 6.46. The van der Waals surface area contributed by atoms with Gasteiger partial charge in [-0.2, -0.15) is 0 Å². The second kappa shape index (κ2) is 8.95. The van der Waals surface area contributed by atoms with E-state index in [0.717, 1.165) is 5.56 Å². The summed E-state index contributed by atoms with van der Waals surface area (Å²) in [7, 11) is 3.03. The Labute approximate surface area is 173 Å². The molecule has 0 unspecified atom stereocenters. The Morgan fingerprint density at radius 2 is 1.60 bits per heavy atom. The minimum Gasteiger partial charge on any atom is -0.493 e. The first-order chi connectivity index (χ1) is 14.4. The fourth-order valence-electron chi connectivity index (χ4n) is 2.92. The number of anilines is 3. The van der Waals surface area contributed by atoms with E-state index < -0.39 is 10.8 Å². The molecule has 3 aromatic carbocycles. The molecule has 0 saturated heterocycles. The Bertz CT molecular complexity index is 1080. The highest BCUT2D eigenvalue weighted by atomic mass is 16.6. The molecule has 2 N–H and O–H groups in total. The number of nitrogens with one attached hydrogen (secondary N) is 2. The van der Waals surface area contributed by atoms with Gasteiger partial charge in [-0.15, -0.1) is 0 Å². The van der Waals surface area contributed by atoms with E-state index in [1.165, 1.54) is 32.4 Å². The second-order valence-corrected chi connectivity index (χ2v) is 6.46. The van der Waals surface area contributed by atoms with Crippen LogP contribution in [-0.4, -0.2) is 25.1 Å². The van der Waals surface area contributed by atoms with Gasteiger partial charge in [0.1, 0.15) is 5.69 Å². The number of ether oxygens (including phenoxy) is 2. The monoisotopic (exact) mass is 407 g/mol. The Balaban J connectivity index is 1.88. The molecule has 3 rings (SSSR count). The van der Waals surface area contributed by atoms with E-state index in [9.17, 15) is 14.9 Å². The summed E-state index contributed by atoms with van der Waals surface area (Å²) in [5, 5.41) is 17.3. The lowest BCUT2D eigenvalue weighted by atomic mass is 10.1. The quantitative estimate of drug-likeness (QED) is 0.426. The summed E-state index contributed by atoms with van der Waals surface area (Å²) in [4.78, 5) is 23.8. The zero-order chi connectivity index (χ0) is 21.7. The predicted molar refractivity (Wildman–Crippen MR) is 115 cm³/mol. The molecule has 30 heavy (non-hydrogen) atoms. The molecule has 0 saturated carbocycles. The van der Waals surface area contributed by atoms with Crippen LogP contribution in [0.3, 0.4) is 0 Å². The van der Waals surface area contributed by atoms with Gasteiger partial charge >= 0.3 is 0 Å². The van der Waals surface area contributed by atoms with E-state index in [1.807, 2.05) is 25.1 Å². The molecular weight excluding hydrogens is 386 g/mol. The van der Waals surface area contributed by atoms with Crippen LogP contribution in [0.2, 0.25) is 0 Å². The molecule has 0 aliphatic carbocycles. The first-order valence-corrected chi connectivity index (χ1v) is 9.07. The maximum Gasteiger partial charge on any atom is 0.293 e. The number of aryl methyl sites for hydroxylation is 1. The van der Waals surface area contributed by atoms with Crippen molar-refractivity contribution in [2.24, 2.45) is 0 Å². The highest BCUT2D eigenvalue weighted by Gasteiger charge is 2.19. The zero-order valence-electron chi connectivity index (χ0n) is 16.8. The minimum atomic E-state index is -0.524. The summed E-state index contributed by atoms with van der Waals surface area (Å²) in [6, 6.07) is 16.8. The molecule has 0 spiro atoms. The topological polar surface area (TPSA) is 103 Å². The van der Waals surface area contributed by atoms with Crippen LogP contribution in [-0.2, 0) is 0 Å². The largest absolute Gasteiger partial charge is 0.493 e. The molecule has 0 aromatic heterocycles. The number of amides is 1. The van der Waals surface area contributed by atoms with Crippen LogP contribution in [0, 0.1) is 17.0 Å². The number of benzene rings is 3. The van der Waals surface area contributed by atoms with Crippen molar-refractivity contribution >= 4 is 28.7 Å². The van der Waals surface area contributed by atoms with E-state index >= 15 is 0 Å². The summed E-state index contributed by atoms with van der Waals surface area (Å²) in [6.07, 6.45) is 0. The zero-order valence-corrected chi connectivity index (χ0v) is 16.8. The van der Waals surface area contributed by atoms with Crippen molar-refractivity contribution in [3.63, 3.8) is 0 Å². The van der Waals surface area contributed by atoms with Gasteiger partial charge in [-0.25, -0.2) is 0 Å². The summed E-state index contributed by atoms with van der Waals surface area (Å²) in [5.41, 5.74) is 2.25. The van der Waals surface area contributed by atoms with Crippen LogP contribution < -0.4 is 20.1 Å². The third kappa shape index (κ3) is 4.49. The van der Waals surface area contributed by atoms with Crippen molar-refractivity contribution in [3.05, 3.63) is 81.9 Å². The van der Waals surface area contributed by atoms with E-state index in [4.69, 9.17) is 9.47 Å². The molecule has 1 amide bonds. The normalized spacial score (nSPS) is 10.2. The van der Waals surface area contributed by atoms with Gasteiger partial charge in [-0.05, 0) is 42.8 Å². The van der Waals surface area contributed by atoms with Crippen LogP contribution in [0.5, 0.6) is 11.5 Å². The van der Waals surface area contributed by atoms with Gasteiger partial charge < -0.3 is 20.1 Å². The molecule has 3 aromatic rings. The number of hydrogen-bond acceptors (Lipinski definition) is 6. The number of nitro groups is 1. The van der Waals surface area contributed by atoms with Crippen molar-refractivity contribution in [2.75, 3.05) is 24.9 Å². The third-order valence-corrected chi connectivity index (χ3v) is 4.49. The Hall–Kier alpha value is -4.07. The van der Waals surface area contributed by atoms with Crippen molar-refractivity contribution in [2.45, 2.75) is 6.92 Å². The van der Waals surface area contributed by atoms with E-state index in [2.05, 4.69) is 10.6 Å². The van der Waals surface area contributed by atoms with Crippen LogP contribution in [0.25, 0.3) is 0 Å². The molecule has 0 bridgehead atoms. The van der Waals surface area contributed by atoms with Gasteiger partial charge in [-0.3, -0.25) is 14.9 Å². The van der Waals surface area contributed by atoms with Gasteiger partial charge in [0.25, 0.3) is 11.6 Å². The van der Waals surface area contributed by atoms with E-state index in [-0.39, 0.29) is 11.3 Å². The molecule has 0 fully saturated rings. The van der Waals surface area contributed by atoms with Crippen molar-refractivity contribution in [1.29, 1.82) is 0 Å². The maximum atomic E-state index is 12.7. The molecule has 0 aliphatic heterocycles. The summed E-state index contributed by atoms with van der Waals surface area (Å²) >= 11 is 0. The number of nitrogens with zero attached hydrogens (tertiary/aromatic N) is 1. The highest BCUT2D eigenvalue weighted by Crippen LogP contribution is 2.34. The molecule has 0 aliphatic rings. The molecule has 8 nitrogen and oxygen atoms in total. The smallest absolute Gasteiger partial charge is 0.293 e. The average Bonchev–Trinajstić information content (AvgIpc) is 2.75. The first kappa shape index (κ1) is 20.7. The Morgan fingerprint density at radius 1 is 0.933 bits per heavy atom. The van der Waals surface area contributed by atoms with Crippen molar-refractivity contribution < 1.29 is 19.2 Å². The average molecular weight is 407 g/mol. The fourth-order valence-corrected chi connectivity index (χ4v) is 2.92. The van der Waals surface area contributed by atoms with Crippen molar-refractivity contribution in [1.82, 2.24) is 0 Å². The van der Waals surface area contributed by atoms with Gasteiger partial charge in [-0.1, -0.05) is 18.2 Å². The number of methoxy groups -OCH3 is 2. The lowest BCUT2D eigenvalue weighted by molar-refractivity contribution is -0.383. The van der Waals surface area contributed by atoms with Crippen LogP contribution >= 0.6 is 0 Å². The molecule has 154 valence electrons. The number of para-hydroxylation sites is 1. The van der Waals surface area contributed by atoms with Gasteiger partial charge in [0, 0.05) is 29.1 Å². The number of carbonyl (C=O) groups excluding carboxylic acids is 1. The SMILES string of the molecule is COc1cc(C)c(NC(=O)c2ccc(Nc3ccccc3)c([N+](=O)[O-])c2)cc1OC. The fraction of sp³-hybridized carbons (Fsp3) is 0.136. The van der Waals surface area contributed by atoms with E-state index in [1.54, 1.807) is 24.3 Å². The van der Waals surface area contributed by atoms with Crippen LogP contribution in [0.4, 0.5) is 22.7 Å². The lowest BCUT2D eigenvalue weighted by Gasteiger charge is -2.14. The van der Waals surface area contributed by atoms with Gasteiger partial charge in [0.2, 0.25) is 0 Å². The molecule has 0 heterocycles. The maximum absolute atomic E-state index is 12.7. The Kier molecular flexibility index (Phi) is 6.17. The summed E-state index contributed by atoms with van der Waals surface area (Å²) < 4.78 is 10.5. The summed E-state index contributed by atoms with van der Waals surface area (Å²) in [6.45, 7) is 1.81. The van der Waals surface area contributed by atoms with Crippen LogP contribution in [0.1, 0.15) is 15.9 Å². The van der Waals surface area contributed by atoms with Crippen LogP contribution in [0.15, 0.2) is 60.7 Å². The number of carbonyl (C=O) groups is 1. The molecule has 8 heteroatoms. The number of hydrogen-bond donors (Lipinski definition) is 2. The van der Waals surface area contributed by atoms with Crippen molar-refractivity contribution in [3.8, 4) is 11.5 Å². The van der Waals surface area contributed by atoms with Gasteiger partial charge in [0.15, 0.2) is 11.5 Å². The predicted octanol–water partition coefficient (Wildman–Crippen LogP) is 4.92. The number of rotatable bonds is 7. The third-order valence-electron chi connectivity index (χ3n) is 4.49. The van der Waals surface area contributed by atoms with E-state index in [0.29, 0.717) is 28.6 Å². The first-order valence-electron chi connectivity index (χ1n) is 9.07.